The standard InChI is InChI=1S/C15H23N3/c1-4-12(5-2)11-18-15-9-7-6-8-13(15)14(17-18)10-16-3/h6-9,12,16H,4-5,10-11H2,1-3H3. The molecular weight excluding hydrogens is 222 g/mol. The molecule has 0 saturated heterocycles. The Morgan fingerprint density at radius 2 is 1.94 bits per heavy atom. The SMILES string of the molecule is CCC(CC)Cn1nc(CNC)c2ccccc21. The number of fused-ring (bicyclic) bond motifs is 1. The van der Waals surface area contributed by atoms with Crippen molar-refractivity contribution in [2.24, 2.45) is 5.92 Å². The number of aromatic nitrogens is 2. The summed E-state index contributed by atoms with van der Waals surface area (Å²) in [6, 6.07) is 8.52. The van der Waals surface area contributed by atoms with Crippen LogP contribution in [0.3, 0.4) is 0 Å². The maximum absolute atomic E-state index is 4.77. The van der Waals surface area contributed by atoms with Crippen LogP contribution >= 0.6 is 0 Å². The van der Waals surface area contributed by atoms with Crippen LogP contribution in [0.25, 0.3) is 10.9 Å². The third kappa shape index (κ3) is 2.56. The van der Waals surface area contributed by atoms with Crippen molar-refractivity contribution in [2.45, 2.75) is 39.8 Å². The second-order valence-corrected chi connectivity index (χ2v) is 4.86. The lowest BCUT2D eigenvalue weighted by molar-refractivity contribution is 0.401. The van der Waals surface area contributed by atoms with Gasteiger partial charge in [0.25, 0.3) is 0 Å². The molecule has 0 aliphatic rings. The first kappa shape index (κ1) is 13.1. The summed E-state index contributed by atoms with van der Waals surface area (Å²) >= 11 is 0. The van der Waals surface area contributed by atoms with Crippen LogP contribution in [0, 0.1) is 5.92 Å². The number of nitrogens with zero attached hydrogens (tertiary/aromatic N) is 2. The van der Waals surface area contributed by atoms with E-state index >= 15 is 0 Å². The number of hydrogen-bond donors (Lipinski definition) is 1. The lowest BCUT2D eigenvalue weighted by Crippen LogP contribution is -2.12. The van der Waals surface area contributed by atoms with E-state index in [0.717, 1.165) is 24.7 Å². The molecule has 0 unspecified atom stereocenters. The van der Waals surface area contributed by atoms with Gasteiger partial charge >= 0.3 is 0 Å². The fourth-order valence-corrected chi connectivity index (χ4v) is 2.42. The second kappa shape index (κ2) is 6.01. The molecule has 18 heavy (non-hydrogen) atoms. The topological polar surface area (TPSA) is 29.9 Å². The minimum absolute atomic E-state index is 0.718. The van der Waals surface area contributed by atoms with Crippen molar-refractivity contribution < 1.29 is 0 Å². The Balaban J connectivity index is 2.37. The Labute approximate surface area is 109 Å². The number of rotatable bonds is 6. The van der Waals surface area contributed by atoms with Crippen LogP contribution in [0.2, 0.25) is 0 Å². The van der Waals surface area contributed by atoms with Gasteiger partial charge in [0.2, 0.25) is 0 Å². The van der Waals surface area contributed by atoms with E-state index in [0.29, 0.717) is 0 Å². The summed E-state index contributed by atoms with van der Waals surface area (Å²) in [6.45, 7) is 6.37. The molecule has 98 valence electrons. The van der Waals surface area contributed by atoms with Crippen LogP contribution < -0.4 is 5.32 Å². The monoisotopic (exact) mass is 245 g/mol. The molecule has 0 bridgehead atoms. The summed E-state index contributed by atoms with van der Waals surface area (Å²) < 4.78 is 2.18. The van der Waals surface area contributed by atoms with Crippen molar-refractivity contribution in [3.8, 4) is 0 Å². The van der Waals surface area contributed by atoms with Crippen LogP contribution in [0.15, 0.2) is 24.3 Å². The van der Waals surface area contributed by atoms with Gasteiger partial charge in [-0.1, -0.05) is 44.9 Å². The van der Waals surface area contributed by atoms with Gasteiger partial charge in [0.15, 0.2) is 0 Å². The molecule has 0 aliphatic carbocycles. The van der Waals surface area contributed by atoms with Crippen molar-refractivity contribution >= 4 is 10.9 Å². The Morgan fingerprint density at radius 3 is 2.61 bits per heavy atom. The third-order valence-corrected chi connectivity index (χ3v) is 3.66. The average Bonchev–Trinajstić information content (AvgIpc) is 2.75. The molecule has 1 aromatic carbocycles. The zero-order chi connectivity index (χ0) is 13.0. The van der Waals surface area contributed by atoms with E-state index in [1.165, 1.54) is 23.7 Å². The molecule has 2 aromatic rings. The highest BCUT2D eigenvalue weighted by Crippen LogP contribution is 2.21. The van der Waals surface area contributed by atoms with Crippen molar-refractivity contribution in [1.82, 2.24) is 15.1 Å². The van der Waals surface area contributed by atoms with Gasteiger partial charge in [-0.05, 0) is 19.0 Å². The Morgan fingerprint density at radius 1 is 1.22 bits per heavy atom. The highest BCUT2D eigenvalue weighted by molar-refractivity contribution is 5.81. The van der Waals surface area contributed by atoms with Gasteiger partial charge < -0.3 is 5.32 Å². The van der Waals surface area contributed by atoms with E-state index in [1.807, 2.05) is 7.05 Å². The molecule has 0 spiro atoms. The molecule has 0 aliphatic heterocycles. The molecule has 2 rings (SSSR count). The average molecular weight is 245 g/mol. The Kier molecular flexibility index (Phi) is 4.37. The molecule has 1 aromatic heterocycles. The van der Waals surface area contributed by atoms with Gasteiger partial charge in [-0.15, -0.1) is 0 Å². The first-order valence-corrected chi connectivity index (χ1v) is 6.89. The first-order chi connectivity index (χ1) is 8.80. The molecule has 0 amide bonds. The van der Waals surface area contributed by atoms with Crippen LogP contribution in [-0.4, -0.2) is 16.8 Å². The maximum atomic E-state index is 4.77. The van der Waals surface area contributed by atoms with Crippen molar-refractivity contribution in [2.75, 3.05) is 7.05 Å². The summed E-state index contributed by atoms with van der Waals surface area (Å²) in [5, 5.41) is 9.24. The van der Waals surface area contributed by atoms with Gasteiger partial charge in [0.1, 0.15) is 0 Å². The van der Waals surface area contributed by atoms with E-state index in [1.54, 1.807) is 0 Å². The van der Waals surface area contributed by atoms with E-state index in [-0.39, 0.29) is 0 Å². The van der Waals surface area contributed by atoms with Gasteiger partial charge in [-0.3, -0.25) is 4.68 Å². The van der Waals surface area contributed by atoms with E-state index in [4.69, 9.17) is 5.10 Å². The molecule has 1 heterocycles. The summed E-state index contributed by atoms with van der Waals surface area (Å²) in [5.41, 5.74) is 2.41. The summed E-state index contributed by atoms with van der Waals surface area (Å²) in [7, 11) is 1.97. The number of hydrogen-bond acceptors (Lipinski definition) is 2. The predicted molar refractivity (Wildman–Crippen MR) is 76.6 cm³/mol. The van der Waals surface area contributed by atoms with Gasteiger partial charge in [0, 0.05) is 18.5 Å². The van der Waals surface area contributed by atoms with Crippen LogP contribution in [0.5, 0.6) is 0 Å². The normalized spacial score (nSPS) is 11.6. The van der Waals surface area contributed by atoms with Crippen molar-refractivity contribution in [1.29, 1.82) is 0 Å². The first-order valence-electron chi connectivity index (χ1n) is 6.89. The molecule has 0 fully saturated rings. The summed E-state index contributed by atoms with van der Waals surface area (Å²) in [4.78, 5) is 0. The number of nitrogens with one attached hydrogen (secondary N) is 1. The smallest absolute Gasteiger partial charge is 0.0841 e. The minimum atomic E-state index is 0.718. The lowest BCUT2D eigenvalue weighted by atomic mass is 10.0. The molecular formula is C15H23N3. The van der Waals surface area contributed by atoms with Gasteiger partial charge in [-0.25, -0.2) is 0 Å². The third-order valence-electron chi connectivity index (χ3n) is 3.66. The lowest BCUT2D eigenvalue weighted by Gasteiger charge is -2.12. The van der Waals surface area contributed by atoms with Gasteiger partial charge in [0.05, 0.1) is 11.2 Å². The fraction of sp³-hybridized carbons (Fsp3) is 0.533. The minimum Gasteiger partial charge on any atom is -0.314 e. The van der Waals surface area contributed by atoms with Crippen LogP contribution in [-0.2, 0) is 13.1 Å². The zero-order valence-corrected chi connectivity index (χ0v) is 11.6. The molecule has 3 nitrogen and oxygen atoms in total. The fourth-order valence-electron chi connectivity index (χ4n) is 2.42. The highest BCUT2D eigenvalue weighted by Gasteiger charge is 2.12. The molecule has 3 heteroatoms. The van der Waals surface area contributed by atoms with Gasteiger partial charge in [-0.2, -0.15) is 5.10 Å². The Bertz CT molecular complexity index is 497. The van der Waals surface area contributed by atoms with Crippen molar-refractivity contribution in [3.05, 3.63) is 30.0 Å². The van der Waals surface area contributed by atoms with E-state index < -0.39 is 0 Å². The van der Waals surface area contributed by atoms with E-state index in [9.17, 15) is 0 Å². The number of para-hydroxylation sites is 1. The van der Waals surface area contributed by atoms with Crippen molar-refractivity contribution in [3.63, 3.8) is 0 Å². The van der Waals surface area contributed by atoms with Crippen LogP contribution in [0.1, 0.15) is 32.4 Å². The highest BCUT2D eigenvalue weighted by atomic mass is 15.3. The molecule has 0 atom stereocenters. The second-order valence-electron chi connectivity index (χ2n) is 4.86. The molecule has 0 radical (unpaired) electrons. The summed E-state index contributed by atoms with van der Waals surface area (Å²) in [6.07, 6.45) is 2.43. The Hall–Kier alpha value is -1.35. The predicted octanol–water partition coefficient (Wildman–Crippen LogP) is 3.19. The number of benzene rings is 1. The molecule has 0 saturated carbocycles. The zero-order valence-electron chi connectivity index (χ0n) is 11.6. The quantitative estimate of drug-likeness (QED) is 0.847. The van der Waals surface area contributed by atoms with Crippen LogP contribution in [0.4, 0.5) is 0 Å². The van der Waals surface area contributed by atoms with E-state index in [2.05, 4.69) is 48.1 Å². The summed E-state index contributed by atoms with van der Waals surface area (Å²) in [5.74, 6) is 0.718. The largest absolute Gasteiger partial charge is 0.314 e. The maximum Gasteiger partial charge on any atom is 0.0841 e. The molecule has 1 N–H and O–H groups in total.